The van der Waals surface area contributed by atoms with E-state index in [-0.39, 0.29) is 37.0 Å². The van der Waals surface area contributed by atoms with Crippen molar-refractivity contribution < 1.29 is 36.5 Å². The summed E-state index contributed by atoms with van der Waals surface area (Å²) in [6.07, 6.45) is 0.493. The molecule has 0 bridgehead atoms. The molecule has 0 aliphatic heterocycles. The average molecular weight is 356 g/mol. The number of methoxy groups -OCH3 is 1. The Morgan fingerprint density at radius 2 is 1.96 bits per heavy atom. The molecule has 0 unspecified atom stereocenters. The van der Waals surface area contributed by atoms with Gasteiger partial charge in [-0.05, 0) is 48.2 Å². The highest BCUT2D eigenvalue weighted by atomic mass is 16.9. The van der Waals surface area contributed by atoms with Crippen LogP contribution in [0.25, 0.3) is 10.8 Å². The second-order valence-electron chi connectivity index (χ2n) is 5.00. The van der Waals surface area contributed by atoms with Gasteiger partial charge >= 0.3 is 5.97 Å². The van der Waals surface area contributed by atoms with Gasteiger partial charge in [0.05, 0.1) is 38.5 Å². The summed E-state index contributed by atoms with van der Waals surface area (Å²) in [4.78, 5) is 26.7. The summed E-state index contributed by atoms with van der Waals surface area (Å²) in [6.45, 7) is 1.04. The third-order valence-electron chi connectivity index (χ3n) is 3.24. The second-order valence-corrected chi connectivity index (χ2v) is 5.00. The molecule has 0 aromatic heterocycles. The van der Waals surface area contributed by atoms with Crippen molar-refractivity contribution in [3.63, 3.8) is 0 Å². The summed E-state index contributed by atoms with van der Waals surface area (Å²) in [5.41, 5.74) is -0.254. The molecular formula is C18H21NO6. The van der Waals surface area contributed by atoms with Crippen molar-refractivity contribution >= 4 is 16.7 Å². The minimum absolute atomic E-state index is 0.112. The van der Waals surface area contributed by atoms with E-state index in [0.29, 0.717) is 0 Å². The molecule has 2 aromatic rings. The van der Waals surface area contributed by atoms with Crippen molar-refractivity contribution in [3.05, 3.63) is 51.9 Å². The highest BCUT2D eigenvalue weighted by molar-refractivity contribution is 5.86. The predicted octanol–water partition coefficient (Wildman–Crippen LogP) is 3.48. The second kappa shape index (κ2) is 8.86. The van der Waals surface area contributed by atoms with Crippen LogP contribution in [0, 0.1) is 10.1 Å². The minimum Gasteiger partial charge on any atom is -0.497 e. The lowest BCUT2D eigenvalue weighted by molar-refractivity contribution is -0.757. The van der Waals surface area contributed by atoms with E-state index in [9.17, 15) is 14.9 Å². The first-order valence-corrected chi connectivity index (χ1v) is 7.35. The van der Waals surface area contributed by atoms with E-state index in [1.807, 2.05) is 0 Å². The third kappa shape index (κ3) is 5.34. The Kier molecular flexibility index (Phi) is 3.40. The van der Waals surface area contributed by atoms with E-state index >= 15 is 0 Å². The lowest BCUT2D eigenvalue weighted by atomic mass is 9.98. The summed E-state index contributed by atoms with van der Waals surface area (Å²) in [7, 11) is -3.03. The number of benzene rings is 2. The molecule has 0 saturated carbocycles. The van der Waals surface area contributed by atoms with Gasteiger partial charge in [0.25, 0.3) is 5.09 Å². The monoisotopic (exact) mass is 356 g/mol. The van der Waals surface area contributed by atoms with E-state index in [2.05, 4.69) is 9.57 Å². The van der Waals surface area contributed by atoms with E-state index in [1.54, 1.807) is 0 Å². The van der Waals surface area contributed by atoms with Crippen molar-refractivity contribution in [2.75, 3.05) is 20.3 Å². The van der Waals surface area contributed by atoms with Crippen LogP contribution in [0.3, 0.4) is 0 Å². The van der Waals surface area contributed by atoms with Gasteiger partial charge in [0.2, 0.25) is 0 Å². The largest absolute Gasteiger partial charge is 0.497 e. The number of fused-ring (bicyclic) bond motifs is 1. The summed E-state index contributed by atoms with van der Waals surface area (Å²) in [6, 6.07) is -3.95. The lowest BCUT2D eigenvalue weighted by Crippen LogP contribution is -2.14. The smallest absolute Gasteiger partial charge is 0.313 e. The van der Waals surface area contributed by atoms with Crippen molar-refractivity contribution in [2.24, 2.45) is 0 Å². The summed E-state index contributed by atoms with van der Waals surface area (Å²) in [5, 5.41) is 8.38. The Morgan fingerprint density at radius 1 is 1.24 bits per heavy atom. The van der Waals surface area contributed by atoms with E-state index in [0.717, 1.165) is 0 Å². The number of esters is 1. The van der Waals surface area contributed by atoms with Crippen LogP contribution in [-0.2, 0) is 14.4 Å². The normalized spacial score (nSPS) is 17.4. The van der Waals surface area contributed by atoms with Gasteiger partial charge in [-0.25, -0.2) is 0 Å². The summed E-state index contributed by atoms with van der Waals surface area (Å²) in [5.74, 6) is -2.84. The molecule has 7 nitrogen and oxygen atoms in total. The van der Waals surface area contributed by atoms with Gasteiger partial charge < -0.3 is 14.3 Å². The third-order valence-corrected chi connectivity index (χ3v) is 3.24. The molecule has 0 aliphatic rings. The Balaban J connectivity index is 2.44. The zero-order chi connectivity index (χ0) is 26.0. The number of carbonyl (C=O) groups excluding carboxylic acids is 1. The number of ether oxygens (including phenoxy) is 2. The number of nitrogens with zero attached hydrogens (tertiary/aromatic N) is 1. The molecule has 2 aromatic carbocycles. The molecule has 1 atom stereocenters. The maximum absolute atomic E-state index is 12.5. The van der Waals surface area contributed by atoms with Crippen molar-refractivity contribution in [1.29, 1.82) is 0 Å². The van der Waals surface area contributed by atoms with Crippen LogP contribution >= 0.6 is 0 Å². The summed E-state index contributed by atoms with van der Waals surface area (Å²) < 4.78 is 80.9. The minimum atomic E-state index is -3.03. The Morgan fingerprint density at radius 3 is 2.72 bits per heavy atom. The molecular weight excluding hydrogens is 326 g/mol. The zero-order valence-electron chi connectivity index (χ0n) is 22.3. The molecule has 25 heavy (non-hydrogen) atoms. The first-order valence-electron chi connectivity index (χ1n) is 11.8. The predicted molar refractivity (Wildman–Crippen MR) is 92.1 cm³/mol. The fraction of sp³-hybridized carbons (Fsp3) is 0.389. The zero-order valence-corrected chi connectivity index (χ0v) is 13.3. The first kappa shape index (κ1) is 9.60. The van der Waals surface area contributed by atoms with E-state index in [4.69, 9.17) is 17.1 Å². The Bertz CT molecular complexity index is 1120. The SMILES string of the molecule is [2H]c1c([C@H](C)C(=O)OCCCCO[N+](=O)[O-])c([2H])c2c([2H])c([2H])c(OC([2H])([2H])[2H])c([2H])c2c1[2H]. The molecule has 0 heterocycles. The van der Waals surface area contributed by atoms with Gasteiger partial charge in [-0.2, -0.15) is 0 Å². The number of hydrogen-bond donors (Lipinski definition) is 0. The van der Waals surface area contributed by atoms with Crippen LogP contribution in [0.1, 0.15) is 43.6 Å². The van der Waals surface area contributed by atoms with Crippen molar-refractivity contribution in [1.82, 2.24) is 0 Å². The Labute approximate surface area is 158 Å². The van der Waals surface area contributed by atoms with Gasteiger partial charge in [0.1, 0.15) is 5.75 Å². The average Bonchev–Trinajstić information content (AvgIpc) is 2.73. The molecule has 0 amide bonds. The number of carbonyl (C=O) groups is 1. The van der Waals surface area contributed by atoms with Crippen LogP contribution in [0.5, 0.6) is 5.75 Å². The van der Waals surface area contributed by atoms with Gasteiger partial charge in [-0.15, -0.1) is 10.1 Å². The topological polar surface area (TPSA) is 87.9 Å². The molecule has 0 spiro atoms. The number of rotatable bonds is 9. The van der Waals surface area contributed by atoms with Gasteiger partial charge in [-0.3, -0.25) is 4.79 Å². The fourth-order valence-electron chi connectivity index (χ4n) is 1.90. The number of hydrogen-bond acceptors (Lipinski definition) is 6. The van der Waals surface area contributed by atoms with E-state index in [1.165, 1.54) is 6.92 Å². The fourth-order valence-corrected chi connectivity index (χ4v) is 1.90. The molecule has 2 rings (SSSR count). The van der Waals surface area contributed by atoms with E-state index < -0.39 is 71.4 Å². The van der Waals surface area contributed by atoms with Gasteiger partial charge in [-0.1, -0.05) is 24.2 Å². The molecule has 0 fully saturated rings. The van der Waals surface area contributed by atoms with Crippen LogP contribution in [0.15, 0.2) is 36.3 Å². The highest BCUT2D eigenvalue weighted by Crippen LogP contribution is 2.25. The standard InChI is InChI=1S/C18H21NO6/c1-13(18(20)24-9-3-4-10-25-19(21)22)14-5-6-16-12-17(23-2)8-7-15(16)11-14/h5-8,11-13H,3-4,9-10H2,1-2H3/t13-/m0/s1/i2D3,5D,6D,7D,8D,11D,12D. The maximum atomic E-state index is 12.5. The van der Waals surface area contributed by atoms with Crippen molar-refractivity contribution in [2.45, 2.75) is 25.7 Å². The molecule has 0 saturated heterocycles. The first-order chi connectivity index (χ1) is 15.7. The quantitative estimate of drug-likeness (QED) is 0.296. The van der Waals surface area contributed by atoms with Crippen molar-refractivity contribution in [3.8, 4) is 5.75 Å². The summed E-state index contributed by atoms with van der Waals surface area (Å²) >= 11 is 0. The maximum Gasteiger partial charge on any atom is 0.313 e. The number of unbranched alkanes of at least 4 members (excludes halogenated alkanes) is 1. The molecule has 0 N–H and O–H groups in total. The molecule has 0 radical (unpaired) electrons. The molecule has 7 heteroatoms. The van der Waals surface area contributed by atoms with Gasteiger partial charge in [0.15, 0.2) is 0 Å². The van der Waals surface area contributed by atoms with Gasteiger partial charge in [0, 0.05) is 0 Å². The van der Waals surface area contributed by atoms with Crippen LogP contribution in [0.4, 0.5) is 0 Å². The highest BCUT2D eigenvalue weighted by Gasteiger charge is 2.17. The Hall–Kier alpha value is -2.83. The van der Waals surface area contributed by atoms with Crippen LogP contribution in [-0.4, -0.2) is 31.3 Å². The molecule has 134 valence electrons. The molecule has 0 aliphatic carbocycles. The lowest BCUT2D eigenvalue weighted by Gasteiger charge is -2.13. The van der Waals surface area contributed by atoms with Crippen LogP contribution in [0.2, 0.25) is 0 Å². The van der Waals surface area contributed by atoms with Crippen LogP contribution < -0.4 is 4.74 Å².